The van der Waals surface area contributed by atoms with Gasteiger partial charge in [-0.1, -0.05) is 0 Å². The molecule has 0 bridgehead atoms. The highest BCUT2D eigenvalue weighted by Gasteiger charge is 2.26. The van der Waals surface area contributed by atoms with Crippen LogP contribution in [0, 0.1) is 6.92 Å². The lowest BCUT2D eigenvalue weighted by Crippen LogP contribution is -2.54. The molecule has 1 aromatic rings. The fourth-order valence-corrected chi connectivity index (χ4v) is 2.60. The second-order valence-corrected chi connectivity index (χ2v) is 6.05. The molecule has 1 atom stereocenters. The van der Waals surface area contributed by atoms with Crippen molar-refractivity contribution in [2.24, 2.45) is 0 Å². The number of nitrogens with one attached hydrogen (secondary N) is 1. The van der Waals surface area contributed by atoms with Gasteiger partial charge in [0.2, 0.25) is 5.91 Å². The number of pyridine rings is 1. The summed E-state index contributed by atoms with van der Waals surface area (Å²) in [7, 11) is 0. The summed E-state index contributed by atoms with van der Waals surface area (Å²) in [6.07, 6.45) is 1.86. The Kier molecular flexibility index (Phi) is 5.17. The molecular weight excluding hydrogens is 264 g/mol. The van der Waals surface area contributed by atoms with Crippen LogP contribution in [-0.2, 0) is 4.79 Å². The van der Waals surface area contributed by atoms with E-state index in [1.54, 1.807) is 0 Å². The van der Waals surface area contributed by atoms with Crippen molar-refractivity contribution >= 4 is 11.7 Å². The summed E-state index contributed by atoms with van der Waals surface area (Å²) in [6.45, 7) is 11.7. The van der Waals surface area contributed by atoms with Crippen LogP contribution in [-0.4, -0.2) is 54.1 Å². The normalized spacial score (nSPS) is 17.9. The van der Waals surface area contributed by atoms with Gasteiger partial charge in [0, 0.05) is 38.4 Å². The summed E-state index contributed by atoms with van der Waals surface area (Å²) in [4.78, 5) is 21.0. The van der Waals surface area contributed by atoms with Crippen LogP contribution in [0.15, 0.2) is 18.3 Å². The Morgan fingerprint density at radius 2 is 1.90 bits per heavy atom. The maximum atomic E-state index is 12.1. The smallest absolute Gasteiger partial charge is 0.237 e. The fourth-order valence-electron chi connectivity index (χ4n) is 2.60. The lowest BCUT2D eigenvalue weighted by molar-refractivity contribution is -0.126. The Balaban J connectivity index is 1.89. The first-order chi connectivity index (χ1) is 9.97. The molecule has 1 unspecified atom stereocenters. The fraction of sp³-hybridized carbons (Fsp3) is 0.625. The number of aromatic nitrogens is 1. The van der Waals surface area contributed by atoms with Crippen molar-refractivity contribution in [3.8, 4) is 0 Å². The van der Waals surface area contributed by atoms with Crippen molar-refractivity contribution in [2.75, 3.05) is 31.1 Å². The van der Waals surface area contributed by atoms with Crippen LogP contribution in [0.4, 0.5) is 5.82 Å². The zero-order valence-electron chi connectivity index (χ0n) is 13.5. The van der Waals surface area contributed by atoms with Crippen molar-refractivity contribution in [2.45, 2.75) is 39.8 Å². The highest BCUT2D eigenvalue weighted by molar-refractivity contribution is 5.81. The third kappa shape index (κ3) is 4.17. The molecule has 1 aromatic heterocycles. The molecule has 2 heterocycles. The molecule has 0 spiro atoms. The van der Waals surface area contributed by atoms with Crippen molar-refractivity contribution in [1.82, 2.24) is 15.2 Å². The molecular formula is C16H26N4O. The Morgan fingerprint density at radius 3 is 2.48 bits per heavy atom. The topological polar surface area (TPSA) is 48.5 Å². The minimum Gasteiger partial charge on any atom is -0.354 e. The van der Waals surface area contributed by atoms with Gasteiger partial charge in [0.1, 0.15) is 5.82 Å². The number of piperazine rings is 1. The van der Waals surface area contributed by atoms with Gasteiger partial charge in [-0.25, -0.2) is 4.98 Å². The number of carbonyl (C=O) groups excluding carboxylic acids is 1. The van der Waals surface area contributed by atoms with E-state index in [0.29, 0.717) is 0 Å². The largest absolute Gasteiger partial charge is 0.354 e. The van der Waals surface area contributed by atoms with Crippen molar-refractivity contribution in [3.63, 3.8) is 0 Å². The number of nitrogens with zero attached hydrogens (tertiary/aromatic N) is 3. The first-order valence-corrected chi connectivity index (χ1v) is 7.69. The second-order valence-electron chi connectivity index (χ2n) is 6.05. The molecule has 1 N–H and O–H groups in total. The maximum Gasteiger partial charge on any atom is 0.237 e. The van der Waals surface area contributed by atoms with Crippen LogP contribution < -0.4 is 10.2 Å². The number of amides is 1. The van der Waals surface area contributed by atoms with Crippen LogP contribution in [0.3, 0.4) is 0 Å². The number of hydrogen-bond acceptors (Lipinski definition) is 4. The van der Waals surface area contributed by atoms with Crippen molar-refractivity contribution < 1.29 is 4.79 Å². The molecule has 1 aliphatic rings. The summed E-state index contributed by atoms with van der Waals surface area (Å²) in [5.41, 5.74) is 1.23. The van der Waals surface area contributed by atoms with Crippen LogP contribution in [0.2, 0.25) is 0 Å². The van der Waals surface area contributed by atoms with Crippen molar-refractivity contribution in [3.05, 3.63) is 23.9 Å². The van der Waals surface area contributed by atoms with Gasteiger partial charge in [-0.2, -0.15) is 0 Å². The summed E-state index contributed by atoms with van der Waals surface area (Å²) < 4.78 is 0. The van der Waals surface area contributed by atoms with E-state index in [9.17, 15) is 4.79 Å². The Morgan fingerprint density at radius 1 is 1.24 bits per heavy atom. The first kappa shape index (κ1) is 15.8. The number of anilines is 1. The van der Waals surface area contributed by atoms with Crippen LogP contribution >= 0.6 is 0 Å². The highest BCUT2D eigenvalue weighted by atomic mass is 16.2. The van der Waals surface area contributed by atoms with Gasteiger partial charge in [0.25, 0.3) is 0 Å². The average Bonchev–Trinajstić information content (AvgIpc) is 2.46. The highest BCUT2D eigenvalue weighted by Crippen LogP contribution is 2.15. The molecule has 1 aliphatic heterocycles. The minimum absolute atomic E-state index is 0.0694. The van der Waals surface area contributed by atoms with E-state index >= 15 is 0 Å². The van der Waals surface area contributed by atoms with E-state index in [0.717, 1.165) is 32.0 Å². The monoisotopic (exact) mass is 290 g/mol. The third-order valence-corrected chi connectivity index (χ3v) is 3.90. The lowest BCUT2D eigenvalue weighted by atomic mass is 10.2. The zero-order valence-corrected chi connectivity index (χ0v) is 13.5. The standard InChI is InChI=1S/C16H26N4O/c1-12(2)18-16(21)14(4)19-7-9-20(10-8-19)15-11-13(3)5-6-17-15/h5-6,11-12,14H,7-10H2,1-4H3,(H,18,21). The van der Waals surface area contributed by atoms with Gasteiger partial charge in [-0.05, 0) is 45.4 Å². The molecule has 0 aliphatic carbocycles. The van der Waals surface area contributed by atoms with Gasteiger partial charge in [0.05, 0.1) is 6.04 Å². The summed E-state index contributed by atoms with van der Waals surface area (Å²) >= 11 is 0. The number of hydrogen-bond donors (Lipinski definition) is 1. The third-order valence-electron chi connectivity index (χ3n) is 3.90. The molecule has 0 radical (unpaired) electrons. The van der Waals surface area contributed by atoms with E-state index in [2.05, 4.69) is 33.1 Å². The summed E-state index contributed by atoms with van der Waals surface area (Å²) in [5.74, 6) is 1.15. The summed E-state index contributed by atoms with van der Waals surface area (Å²) in [5, 5.41) is 2.98. The number of carbonyl (C=O) groups is 1. The predicted octanol–water partition coefficient (Wildman–Crippen LogP) is 1.43. The van der Waals surface area contributed by atoms with Crippen LogP contribution in [0.1, 0.15) is 26.3 Å². The average molecular weight is 290 g/mol. The summed E-state index contributed by atoms with van der Waals surface area (Å²) in [6, 6.07) is 4.25. The quantitative estimate of drug-likeness (QED) is 0.911. The SMILES string of the molecule is Cc1ccnc(N2CCN(C(C)C(=O)NC(C)C)CC2)c1. The molecule has 0 saturated carbocycles. The molecule has 1 saturated heterocycles. The van der Waals surface area contributed by atoms with E-state index in [1.807, 2.05) is 33.0 Å². The number of rotatable bonds is 4. The molecule has 116 valence electrons. The zero-order chi connectivity index (χ0) is 15.4. The van der Waals surface area contributed by atoms with E-state index in [-0.39, 0.29) is 18.0 Å². The van der Waals surface area contributed by atoms with E-state index in [1.165, 1.54) is 5.56 Å². The number of aryl methyl sites for hydroxylation is 1. The molecule has 5 heteroatoms. The first-order valence-electron chi connectivity index (χ1n) is 7.69. The van der Waals surface area contributed by atoms with Crippen molar-refractivity contribution in [1.29, 1.82) is 0 Å². The second kappa shape index (κ2) is 6.89. The maximum absolute atomic E-state index is 12.1. The van der Waals surface area contributed by atoms with Gasteiger partial charge in [0.15, 0.2) is 0 Å². The van der Waals surface area contributed by atoms with Gasteiger partial charge in [-0.15, -0.1) is 0 Å². The van der Waals surface area contributed by atoms with E-state index in [4.69, 9.17) is 0 Å². The Hall–Kier alpha value is -1.62. The van der Waals surface area contributed by atoms with Gasteiger partial charge >= 0.3 is 0 Å². The predicted molar refractivity (Wildman–Crippen MR) is 85.5 cm³/mol. The Bertz CT molecular complexity index is 481. The van der Waals surface area contributed by atoms with Crippen LogP contribution in [0.5, 0.6) is 0 Å². The van der Waals surface area contributed by atoms with E-state index < -0.39 is 0 Å². The molecule has 0 aromatic carbocycles. The van der Waals surface area contributed by atoms with Gasteiger partial charge in [-0.3, -0.25) is 9.69 Å². The van der Waals surface area contributed by atoms with Gasteiger partial charge < -0.3 is 10.2 Å². The molecule has 1 amide bonds. The lowest BCUT2D eigenvalue weighted by Gasteiger charge is -2.38. The molecule has 2 rings (SSSR count). The molecule has 1 fully saturated rings. The Labute approximate surface area is 127 Å². The minimum atomic E-state index is -0.0694. The van der Waals surface area contributed by atoms with Crippen LogP contribution in [0.25, 0.3) is 0 Å². The molecule has 5 nitrogen and oxygen atoms in total. The molecule has 21 heavy (non-hydrogen) atoms.